The Kier molecular flexibility index (Phi) is 2.45. The normalized spacial score (nSPS) is 12.7. The first-order chi connectivity index (χ1) is 7.15. The second kappa shape index (κ2) is 3.76. The van der Waals surface area contributed by atoms with E-state index in [0.29, 0.717) is 0 Å². The molecule has 1 unspecified atom stereocenters. The van der Waals surface area contributed by atoms with E-state index in [4.69, 9.17) is 0 Å². The van der Waals surface area contributed by atoms with Gasteiger partial charge in [-0.1, -0.05) is 0 Å². The minimum absolute atomic E-state index is 0.239. The van der Waals surface area contributed by atoms with Crippen molar-refractivity contribution in [3.63, 3.8) is 0 Å². The zero-order chi connectivity index (χ0) is 10.8. The molecule has 0 amide bonds. The van der Waals surface area contributed by atoms with Crippen LogP contribution in [0.15, 0.2) is 24.8 Å². The number of rotatable bonds is 3. The van der Waals surface area contributed by atoms with Crippen LogP contribution in [-0.4, -0.2) is 19.6 Å². The molecular weight excluding hydrogens is 190 g/mol. The van der Waals surface area contributed by atoms with Crippen molar-refractivity contribution in [2.24, 2.45) is 14.1 Å². The predicted molar refractivity (Wildman–Crippen MR) is 58.5 cm³/mol. The summed E-state index contributed by atoms with van der Waals surface area (Å²) in [5, 5.41) is 11.6. The van der Waals surface area contributed by atoms with Crippen LogP contribution in [0.2, 0.25) is 0 Å². The van der Waals surface area contributed by atoms with Crippen LogP contribution in [0.3, 0.4) is 0 Å². The number of hydrogen-bond donors (Lipinski definition) is 1. The molecule has 1 atom stereocenters. The summed E-state index contributed by atoms with van der Waals surface area (Å²) in [6, 6.07) is 0.239. The summed E-state index contributed by atoms with van der Waals surface area (Å²) in [6.45, 7) is 2.10. The van der Waals surface area contributed by atoms with Crippen molar-refractivity contribution in [3.05, 3.63) is 30.4 Å². The maximum absolute atomic E-state index is 4.14. The van der Waals surface area contributed by atoms with Gasteiger partial charge in [0.25, 0.3) is 0 Å². The fraction of sp³-hybridized carbons (Fsp3) is 0.400. The highest BCUT2D eigenvalue weighted by atomic mass is 15.3. The summed E-state index contributed by atoms with van der Waals surface area (Å²) >= 11 is 0. The molecule has 0 fully saturated rings. The zero-order valence-corrected chi connectivity index (χ0v) is 9.18. The molecule has 2 aromatic heterocycles. The first-order valence-electron chi connectivity index (χ1n) is 4.89. The number of aromatic nitrogens is 4. The lowest BCUT2D eigenvalue weighted by molar-refractivity contribution is 0.764. The van der Waals surface area contributed by atoms with E-state index in [9.17, 15) is 0 Å². The quantitative estimate of drug-likeness (QED) is 0.822. The van der Waals surface area contributed by atoms with Crippen LogP contribution in [-0.2, 0) is 14.1 Å². The van der Waals surface area contributed by atoms with Crippen molar-refractivity contribution < 1.29 is 0 Å². The standard InChI is InChI=1S/C10H15N5/c1-8(9-4-11-14(2)6-9)13-10-5-12-15(3)7-10/h4-8,13H,1-3H3. The third-order valence-electron chi connectivity index (χ3n) is 2.31. The van der Waals surface area contributed by atoms with Crippen molar-refractivity contribution in [2.75, 3.05) is 5.32 Å². The molecule has 0 saturated carbocycles. The lowest BCUT2D eigenvalue weighted by atomic mass is 10.2. The average molecular weight is 205 g/mol. The molecule has 0 aliphatic carbocycles. The molecule has 0 aromatic carbocycles. The number of nitrogens with zero attached hydrogens (tertiary/aromatic N) is 4. The fourth-order valence-electron chi connectivity index (χ4n) is 1.49. The Morgan fingerprint density at radius 1 is 1.13 bits per heavy atom. The van der Waals surface area contributed by atoms with Gasteiger partial charge in [0.1, 0.15) is 0 Å². The van der Waals surface area contributed by atoms with Crippen LogP contribution in [0, 0.1) is 0 Å². The molecule has 15 heavy (non-hydrogen) atoms. The summed E-state index contributed by atoms with van der Waals surface area (Å²) in [5.74, 6) is 0. The van der Waals surface area contributed by atoms with Gasteiger partial charge in [-0.05, 0) is 6.92 Å². The molecule has 0 aliphatic rings. The van der Waals surface area contributed by atoms with E-state index >= 15 is 0 Å². The van der Waals surface area contributed by atoms with Crippen LogP contribution in [0.4, 0.5) is 5.69 Å². The Morgan fingerprint density at radius 3 is 2.33 bits per heavy atom. The lowest BCUT2D eigenvalue weighted by Crippen LogP contribution is -2.04. The molecule has 2 rings (SSSR count). The van der Waals surface area contributed by atoms with Gasteiger partial charge in [-0.3, -0.25) is 9.36 Å². The Labute approximate surface area is 88.7 Å². The van der Waals surface area contributed by atoms with Gasteiger partial charge < -0.3 is 5.32 Å². The van der Waals surface area contributed by atoms with Crippen molar-refractivity contribution in [2.45, 2.75) is 13.0 Å². The number of nitrogens with one attached hydrogen (secondary N) is 1. The highest BCUT2D eigenvalue weighted by Crippen LogP contribution is 2.17. The molecule has 0 bridgehead atoms. The Hall–Kier alpha value is -1.78. The Balaban J connectivity index is 2.06. The molecule has 5 heteroatoms. The van der Waals surface area contributed by atoms with Crippen LogP contribution in [0.25, 0.3) is 0 Å². The average Bonchev–Trinajstić information content (AvgIpc) is 2.75. The third kappa shape index (κ3) is 2.18. The molecule has 1 N–H and O–H groups in total. The first kappa shape index (κ1) is 9.76. The molecule has 0 saturated heterocycles. The van der Waals surface area contributed by atoms with Gasteiger partial charge in [-0.15, -0.1) is 0 Å². The highest BCUT2D eigenvalue weighted by Gasteiger charge is 2.07. The van der Waals surface area contributed by atoms with Crippen molar-refractivity contribution >= 4 is 5.69 Å². The van der Waals surface area contributed by atoms with Crippen molar-refractivity contribution in [1.82, 2.24) is 19.6 Å². The molecule has 80 valence electrons. The summed E-state index contributed by atoms with van der Waals surface area (Å²) < 4.78 is 3.58. The molecular formula is C10H15N5. The van der Waals surface area contributed by atoms with E-state index in [1.807, 2.05) is 38.9 Å². The largest absolute Gasteiger partial charge is 0.376 e. The zero-order valence-electron chi connectivity index (χ0n) is 9.18. The first-order valence-corrected chi connectivity index (χ1v) is 4.89. The Bertz CT molecular complexity index is 442. The highest BCUT2D eigenvalue weighted by molar-refractivity contribution is 5.40. The summed E-state index contributed by atoms with van der Waals surface area (Å²) in [7, 11) is 3.82. The molecule has 2 heterocycles. The maximum atomic E-state index is 4.14. The van der Waals surface area contributed by atoms with E-state index < -0.39 is 0 Å². The van der Waals surface area contributed by atoms with E-state index in [0.717, 1.165) is 5.69 Å². The predicted octanol–water partition coefficient (Wildman–Crippen LogP) is 1.33. The van der Waals surface area contributed by atoms with Crippen LogP contribution >= 0.6 is 0 Å². The van der Waals surface area contributed by atoms with Gasteiger partial charge in [0.2, 0.25) is 0 Å². The van der Waals surface area contributed by atoms with Gasteiger partial charge in [0, 0.05) is 32.1 Å². The van der Waals surface area contributed by atoms with E-state index in [2.05, 4.69) is 22.4 Å². The molecule has 0 radical (unpaired) electrons. The SMILES string of the molecule is CC(Nc1cnn(C)c1)c1cnn(C)c1. The third-order valence-corrected chi connectivity index (χ3v) is 2.31. The maximum Gasteiger partial charge on any atom is 0.0731 e. The number of hydrogen-bond acceptors (Lipinski definition) is 3. The van der Waals surface area contributed by atoms with Crippen LogP contribution in [0.1, 0.15) is 18.5 Å². The van der Waals surface area contributed by atoms with E-state index in [1.165, 1.54) is 5.56 Å². The van der Waals surface area contributed by atoms with Gasteiger partial charge >= 0.3 is 0 Å². The minimum Gasteiger partial charge on any atom is -0.376 e. The molecule has 2 aromatic rings. The van der Waals surface area contributed by atoms with Crippen LogP contribution < -0.4 is 5.32 Å². The molecule has 5 nitrogen and oxygen atoms in total. The fourth-order valence-corrected chi connectivity index (χ4v) is 1.49. The van der Waals surface area contributed by atoms with E-state index in [-0.39, 0.29) is 6.04 Å². The molecule has 0 spiro atoms. The van der Waals surface area contributed by atoms with Gasteiger partial charge in [-0.2, -0.15) is 10.2 Å². The summed E-state index contributed by atoms with van der Waals surface area (Å²) in [5.41, 5.74) is 2.19. The van der Waals surface area contributed by atoms with Crippen molar-refractivity contribution in [1.29, 1.82) is 0 Å². The molecule has 0 aliphatic heterocycles. The topological polar surface area (TPSA) is 47.7 Å². The second-order valence-electron chi connectivity index (χ2n) is 3.72. The lowest BCUT2D eigenvalue weighted by Gasteiger charge is -2.10. The number of anilines is 1. The second-order valence-corrected chi connectivity index (χ2v) is 3.72. The summed E-state index contributed by atoms with van der Waals surface area (Å²) in [6.07, 6.45) is 7.64. The minimum atomic E-state index is 0.239. The van der Waals surface area contributed by atoms with E-state index in [1.54, 1.807) is 9.36 Å². The van der Waals surface area contributed by atoms with Crippen LogP contribution in [0.5, 0.6) is 0 Å². The van der Waals surface area contributed by atoms with Gasteiger partial charge in [-0.25, -0.2) is 0 Å². The number of aryl methyl sites for hydroxylation is 2. The Morgan fingerprint density at radius 2 is 1.80 bits per heavy atom. The smallest absolute Gasteiger partial charge is 0.0731 e. The summed E-state index contributed by atoms with van der Waals surface area (Å²) in [4.78, 5) is 0. The van der Waals surface area contributed by atoms with Gasteiger partial charge in [0.15, 0.2) is 0 Å². The van der Waals surface area contributed by atoms with Gasteiger partial charge in [0.05, 0.1) is 24.1 Å². The monoisotopic (exact) mass is 205 g/mol. The van der Waals surface area contributed by atoms with Crippen molar-refractivity contribution in [3.8, 4) is 0 Å².